The summed E-state index contributed by atoms with van der Waals surface area (Å²) in [6.45, 7) is 3.47. The summed E-state index contributed by atoms with van der Waals surface area (Å²) in [4.78, 5) is 24.3. The third-order valence-electron chi connectivity index (χ3n) is 3.78. The standard InChI is InChI=1S/C15H19ClN2O3/c1-15(6-3-7-17-9-15)14(20)18-12-5-4-10(16)8-11(12)13(19)21-2/h4-5,8,17H,3,6-7,9H2,1-2H3,(H,18,20). The lowest BCUT2D eigenvalue weighted by Crippen LogP contribution is -2.46. The van der Waals surface area contributed by atoms with Gasteiger partial charge in [-0.2, -0.15) is 0 Å². The molecule has 0 bridgehead atoms. The molecule has 0 radical (unpaired) electrons. The zero-order valence-electron chi connectivity index (χ0n) is 12.2. The zero-order valence-corrected chi connectivity index (χ0v) is 12.9. The number of piperidine rings is 1. The molecule has 5 nitrogen and oxygen atoms in total. The molecule has 21 heavy (non-hydrogen) atoms. The number of hydrogen-bond acceptors (Lipinski definition) is 4. The second kappa shape index (κ2) is 6.45. The lowest BCUT2D eigenvalue weighted by molar-refractivity contribution is -0.125. The summed E-state index contributed by atoms with van der Waals surface area (Å²) in [6, 6.07) is 4.74. The summed E-state index contributed by atoms with van der Waals surface area (Å²) in [7, 11) is 1.29. The molecule has 1 unspecified atom stereocenters. The van der Waals surface area contributed by atoms with Gasteiger partial charge in [-0.1, -0.05) is 11.6 Å². The maximum atomic E-state index is 12.5. The number of anilines is 1. The van der Waals surface area contributed by atoms with Gasteiger partial charge in [0.15, 0.2) is 0 Å². The van der Waals surface area contributed by atoms with E-state index in [-0.39, 0.29) is 11.5 Å². The molecule has 0 aliphatic carbocycles. The van der Waals surface area contributed by atoms with Crippen LogP contribution < -0.4 is 10.6 Å². The van der Waals surface area contributed by atoms with Crippen molar-refractivity contribution in [1.82, 2.24) is 5.32 Å². The molecule has 0 spiro atoms. The molecule has 1 heterocycles. The molecule has 0 saturated carbocycles. The summed E-state index contributed by atoms with van der Waals surface area (Å²) >= 11 is 5.90. The van der Waals surface area contributed by atoms with E-state index in [1.54, 1.807) is 12.1 Å². The first-order chi connectivity index (χ1) is 9.96. The predicted molar refractivity (Wildman–Crippen MR) is 81.6 cm³/mol. The molecule has 114 valence electrons. The van der Waals surface area contributed by atoms with Crippen LogP contribution in [0.15, 0.2) is 18.2 Å². The highest BCUT2D eigenvalue weighted by molar-refractivity contribution is 6.31. The molecule has 2 rings (SSSR count). The van der Waals surface area contributed by atoms with E-state index in [2.05, 4.69) is 10.6 Å². The average Bonchev–Trinajstić information content (AvgIpc) is 2.49. The van der Waals surface area contributed by atoms with Crippen molar-refractivity contribution in [3.8, 4) is 0 Å². The first-order valence-corrected chi connectivity index (χ1v) is 7.24. The van der Waals surface area contributed by atoms with Crippen LogP contribution in [0, 0.1) is 5.41 Å². The van der Waals surface area contributed by atoms with Crippen molar-refractivity contribution in [2.24, 2.45) is 5.41 Å². The molecule has 6 heteroatoms. The maximum Gasteiger partial charge on any atom is 0.340 e. The van der Waals surface area contributed by atoms with Gasteiger partial charge in [0, 0.05) is 11.6 Å². The minimum Gasteiger partial charge on any atom is -0.465 e. The molecular weight excluding hydrogens is 292 g/mol. The fourth-order valence-electron chi connectivity index (χ4n) is 2.43. The van der Waals surface area contributed by atoms with Gasteiger partial charge in [-0.05, 0) is 44.5 Å². The van der Waals surface area contributed by atoms with Gasteiger partial charge in [0.1, 0.15) is 0 Å². The van der Waals surface area contributed by atoms with Crippen molar-refractivity contribution in [2.75, 3.05) is 25.5 Å². The van der Waals surface area contributed by atoms with Crippen LogP contribution in [0.25, 0.3) is 0 Å². The van der Waals surface area contributed by atoms with E-state index in [4.69, 9.17) is 16.3 Å². The van der Waals surface area contributed by atoms with Crippen molar-refractivity contribution in [1.29, 1.82) is 0 Å². The van der Waals surface area contributed by atoms with Gasteiger partial charge in [-0.3, -0.25) is 4.79 Å². The van der Waals surface area contributed by atoms with Gasteiger partial charge in [-0.15, -0.1) is 0 Å². The number of ether oxygens (including phenoxy) is 1. The van der Waals surface area contributed by atoms with Gasteiger partial charge < -0.3 is 15.4 Å². The number of carbonyl (C=O) groups is 2. The summed E-state index contributed by atoms with van der Waals surface area (Å²) in [5.74, 6) is -0.637. The quantitative estimate of drug-likeness (QED) is 0.842. The molecule has 1 atom stereocenters. The number of methoxy groups -OCH3 is 1. The highest BCUT2D eigenvalue weighted by Crippen LogP contribution is 2.29. The van der Waals surface area contributed by atoms with Gasteiger partial charge in [0.05, 0.1) is 23.8 Å². The van der Waals surface area contributed by atoms with Crippen LogP contribution in [0.4, 0.5) is 5.69 Å². The Morgan fingerprint density at radius 3 is 2.81 bits per heavy atom. The number of hydrogen-bond donors (Lipinski definition) is 2. The van der Waals surface area contributed by atoms with Crippen molar-refractivity contribution < 1.29 is 14.3 Å². The third-order valence-corrected chi connectivity index (χ3v) is 4.02. The van der Waals surface area contributed by atoms with Crippen LogP contribution in [0.5, 0.6) is 0 Å². The largest absolute Gasteiger partial charge is 0.465 e. The van der Waals surface area contributed by atoms with Crippen molar-refractivity contribution in [2.45, 2.75) is 19.8 Å². The topological polar surface area (TPSA) is 67.4 Å². The third kappa shape index (κ3) is 3.54. The molecule has 1 fully saturated rings. The molecule has 1 amide bonds. The summed E-state index contributed by atoms with van der Waals surface area (Å²) in [6.07, 6.45) is 1.77. The van der Waals surface area contributed by atoms with E-state index in [1.807, 2.05) is 6.92 Å². The second-order valence-corrected chi connectivity index (χ2v) is 5.91. The minimum absolute atomic E-state index is 0.109. The fourth-order valence-corrected chi connectivity index (χ4v) is 2.60. The van der Waals surface area contributed by atoms with E-state index >= 15 is 0 Å². The van der Waals surface area contributed by atoms with E-state index in [9.17, 15) is 9.59 Å². The fraction of sp³-hybridized carbons (Fsp3) is 0.467. The first kappa shape index (κ1) is 15.8. The molecular formula is C15H19ClN2O3. The number of carbonyl (C=O) groups excluding carboxylic acids is 2. The number of amides is 1. The van der Waals surface area contributed by atoms with Crippen molar-refractivity contribution in [3.63, 3.8) is 0 Å². The van der Waals surface area contributed by atoms with Crippen LogP contribution in [-0.4, -0.2) is 32.1 Å². The number of benzene rings is 1. The van der Waals surface area contributed by atoms with Crippen LogP contribution >= 0.6 is 11.6 Å². The average molecular weight is 311 g/mol. The number of halogens is 1. The van der Waals surface area contributed by atoms with Gasteiger partial charge in [0.2, 0.25) is 5.91 Å². The minimum atomic E-state index is -0.528. The molecule has 0 aromatic heterocycles. The lowest BCUT2D eigenvalue weighted by atomic mass is 9.82. The van der Waals surface area contributed by atoms with Crippen molar-refractivity contribution in [3.05, 3.63) is 28.8 Å². The van der Waals surface area contributed by atoms with Crippen LogP contribution in [0.2, 0.25) is 5.02 Å². The Bertz CT molecular complexity index is 554. The number of nitrogens with one attached hydrogen (secondary N) is 2. The molecule has 1 aliphatic heterocycles. The molecule has 2 N–H and O–H groups in total. The highest BCUT2D eigenvalue weighted by atomic mass is 35.5. The Hall–Kier alpha value is -1.59. The van der Waals surface area contributed by atoms with E-state index in [0.29, 0.717) is 17.3 Å². The second-order valence-electron chi connectivity index (χ2n) is 5.48. The molecule has 1 saturated heterocycles. The summed E-state index contributed by atoms with van der Waals surface area (Å²) in [5, 5.41) is 6.47. The Labute approximate surface area is 129 Å². The Kier molecular flexibility index (Phi) is 4.85. The van der Waals surface area contributed by atoms with Crippen LogP contribution in [0.1, 0.15) is 30.1 Å². The lowest BCUT2D eigenvalue weighted by Gasteiger charge is -2.32. The van der Waals surface area contributed by atoms with Crippen LogP contribution in [-0.2, 0) is 9.53 Å². The van der Waals surface area contributed by atoms with Gasteiger partial charge in [-0.25, -0.2) is 4.79 Å². The van der Waals surface area contributed by atoms with Gasteiger partial charge >= 0.3 is 5.97 Å². The Balaban J connectivity index is 2.22. The van der Waals surface area contributed by atoms with Crippen LogP contribution in [0.3, 0.4) is 0 Å². The molecule has 1 aromatic carbocycles. The summed E-state index contributed by atoms with van der Waals surface area (Å²) in [5.41, 5.74) is 0.194. The number of rotatable bonds is 3. The smallest absolute Gasteiger partial charge is 0.340 e. The first-order valence-electron chi connectivity index (χ1n) is 6.86. The molecule has 1 aliphatic rings. The number of esters is 1. The van der Waals surface area contributed by atoms with E-state index in [0.717, 1.165) is 19.4 Å². The summed E-state index contributed by atoms with van der Waals surface area (Å²) < 4.78 is 4.72. The van der Waals surface area contributed by atoms with Gasteiger partial charge in [0.25, 0.3) is 0 Å². The monoisotopic (exact) mass is 310 g/mol. The predicted octanol–water partition coefficient (Wildman–Crippen LogP) is 2.45. The maximum absolute atomic E-state index is 12.5. The van der Waals surface area contributed by atoms with E-state index in [1.165, 1.54) is 13.2 Å². The SMILES string of the molecule is COC(=O)c1cc(Cl)ccc1NC(=O)C1(C)CCCNC1. The Morgan fingerprint density at radius 1 is 1.43 bits per heavy atom. The Morgan fingerprint density at radius 2 is 2.19 bits per heavy atom. The highest BCUT2D eigenvalue weighted by Gasteiger charge is 2.35. The van der Waals surface area contributed by atoms with Crippen molar-refractivity contribution >= 4 is 29.2 Å². The molecule has 1 aromatic rings. The normalized spacial score (nSPS) is 21.7. The van der Waals surface area contributed by atoms with E-state index < -0.39 is 11.4 Å². The zero-order chi connectivity index (χ0) is 15.5.